The molecule has 0 radical (unpaired) electrons. The third-order valence-corrected chi connectivity index (χ3v) is 5.78. The average molecular weight is 385 g/mol. The molecule has 0 aliphatic rings. The number of phenols is 1. The first kappa shape index (κ1) is 19.0. The summed E-state index contributed by atoms with van der Waals surface area (Å²) in [5.41, 5.74) is 1.44. The van der Waals surface area contributed by atoms with E-state index in [0.717, 1.165) is 20.9 Å². The van der Waals surface area contributed by atoms with Gasteiger partial charge in [-0.15, -0.1) is 11.3 Å². The van der Waals surface area contributed by atoms with E-state index >= 15 is 0 Å². The molecule has 1 amide bonds. The minimum atomic E-state index is -0.0856. The van der Waals surface area contributed by atoms with Gasteiger partial charge in [0.05, 0.1) is 19.8 Å². The van der Waals surface area contributed by atoms with Crippen LogP contribution in [0.4, 0.5) is 0 Å². The predicted octanol–water partition coefficient (Wildman–Crippen LogP) is 4.77. The molecule has 1 aromatic heterocycles. The summed E-state index contributed by atoms with van der Waals surface area (Å²) in [5, 5.41) is 11.2. The fourth-order valence-electron chi connectivity index (χ4n) is 3.12. The standard InChI is InChI=1S/C21H23NO4S/c1-5-22(6-2)21(24)19-18-16(23)11-15(26-4)12-17(18)27-20(19)13-7-9-14(25-3)10-8-13/h7-12,23H,5-6H2,1-4H3. The van der Waals surface area contributed by atoms with E-state index in [-0.39, 0.29) is 11.7 Å². The summed E-state index contributed by atoms with van der Waals surface area (Å²) in [4.78, 5) is 15.9. The first-order valence-corrected chi connectivity index (χ1v) is 9.62. The van der Waals surface area contributed by atoms with Gasteiger partial charge in [0.15, 0.2) is 0 Å². The number of thiophene rings is 1. The number of aromatic hydroxyl groups is 1. The highest BCUT2D eigenvalue weighted by Gasteiger charge is 2.26. The maximum Gasteiger partial charge on any atom is 0.256 e. The van der Waals surface area contributed by atoms with E-state index in [0.29, 0.717) is 29.8 Å². The van der Waals surface area contributed by atoms with Crippen molar-refractivity contribution >= 4 is 27.3 Å². The number of carbonyl (C=O) groups excluding carboxylic acids is 1. The van der Waals surface area contributed by atoms with Crippen LogP contribution in [0.15, 0.2) is 36.4 Å². The SMILES string of the molecule is CCN(CC)C(=O)c1c(-c2ccc(OC)cc2)sc2cc(OC)cc(O)c12. The molecular formula is C21H23NO4S. The third-order valence-electron chi connectivity index (χ3n) is 4.60. The van der Waals surface area contributed by atoms with Gasteiger partial charge in [0.25, 0.3) is 5.91 Å². The molecule has 0 unspecified atom stereocenters. The smallest absolute Gasteiger partial charge is 0.256 e. The number of fused-ring (bicyclic) bond motifs is 1. The number of methoxy groups -OCH3 is 2. The zero-order valence-corrected chi connectivity index (χ0v) is 16.7. The molecule has 0 saturated carbocycles. The molecule has 1 N–H and O–H groups in total. The molecule has 27 heavy (non-hydrogen) atoms. The number of rotatable bonds is 6. The van der Waals surface area contributed by atoms with Gasteiger partial charge in [-0.3, -0.25) is 4.79 Å². The van der Waals surface area contributed by atoms with E-state index < -0.39 is 0 Å². The Balaban J connectivity index is 2.28. The van der Waals surface area contributed by atoms with Crippen molar-refractivity contribution in [3.05, 3.63) is 42.0 Å². The molecule has 0 aliphatic carbocycles. The Hall–Kier alpha value is -2.73. The van der Waals surface area contributed by atoms with Gasteiger partial charge in [-0.05, 0) is 49.7 Å². The normalized spacial score (nSPS) is 10.8. The van der Waals surface area contributed by atoms with Crippen LogP contribution < -0.4 is 9.47 Å². The molecule has 0 bridgehead atoms. The molecule has 6 heteroatoms. The second kappa shape index (κ2) is 7.88. The minimum Gasteiger partial charge on any atom is -0.507 e. The lowest BCUT2D eigenvalue weighted by Gasteiger charge is -2.19. The molecule has 3 rings (SSSR count). The number of hydrogen-bond donors (Lipinski definition) is 1. The van der Waals surface area contributed by atoms with Gasteiger partial charge >= 0.3 is 0 Å². The van der Waals surface area contributed by atoms with Gasteiger partial charge < -0.3 is 19.5 Å². The topological polar surface area (TPSA) is 59.0 Å². The van der Waals surface area contributed by atoms with E-state index in [9.17, 15) is 9.90 Å². The zero-order chi connectivity index (χ0) is 19.6. The summed E-state index contributed by atoms with van der Waals surface area (Å²) in [5.74, 6) is 1.28. The number of benzene rings is 2. The average Bonchev–Trinajstić information content (AvgIpc) is 3.08. The molecular weight excluding hydrogens is 362 g/mol. The van der Waals surface area contributed by atoms with Crippen molar-refractivity contribution in [2.75, 3.05) is 27.3 Å². The quantitative estimate of drug-likeness (QED) is 0.664. The van der Waals surface area contributed by atoms with Crippen LogP contribution in [0.3, 0.4) is 0 Å². The van der Waals surface area contributed by atoms with Crippen molar-refractivity contribution in [2.24, 2.45) is 0 Å². The molecule has 0 fully saturated rings. The summed E-state index contributed by atoms with van der Waals surface area (Å²) in [6, 6.07) is 11.0. The maximum absolute atomic E-state index is 13.3. The van der Waals surface area contributed by atoms with E-state index in [2.05, 4.69) is 0 Å². The minimum absolute atomic E-state index is 0.0517. The summed E-state index contributed by atoms with van der Waals surface area (Å²) >= 11 is 1.47. The largest absolute Gasteiger partial charge is 0.507 e. The first-order chi connectivity index (χ1) is 13.0. The Labute approximate surface area is 162 Å². The molecule has 1 heterocycles. The van der Waals surface area contributed by atoms with Crippen LogP contribution in [0.1, 0.15) is 24.2 Å². The van der Waals surface area contributed by atoms with Crippen molar-refractivity contribution in [1.82, 2.24) is 4.90 Å². The predicted molar refractivity (Wildman–Crippen MR) is 109 cm³/mol. The summed E-state index contributed by atoms with van der Waals surface area (Å²) < 4.78 is 11.3. The lowest BCUT2D eigenvalue weighted by atomic mass is 10.0. The van der Waals surface area contributed by atoms with E-state index in [1.54, 1.807) is 25.2 Å². The second-order valence-corrected chi connectivity index (χ2v) is 7.08. The third kappa shape index (κ3) is 3.45. The van der Waals surface area contributed by atoms with Crippen LogP contribution >= 0.6 is 11.3 Å². The van der Waals surface area contributed by atoms with Crippen LogP contribution in [0.5, 0.6) is 17.2 Å². The Morgan fingerprint density at radius 1 is 1.04 bits per heavy atom. The molecule has 3 aromatic rings. The van der Waals surface area contributed by atoms with Crippen molar-refractivity contribution in [1.29, 1.82) is 0 Å². The number of hydrogen-bond acceptors (Lipinski definition) is 5. The van der Waals surface area contributed by atoms with Gasteiger partial charge in [0.2, 0.25) is 0 Å². The Bertz CT molecular complexity index is 958. The molecule has 5 nitrogen and oxygen atoms in total. The molecule has 0 spiro atoms. The molecule has 2 aromatic carbocycles. The second-order valence-electron chi connectivity index (χ2n) is 6.03. The highest BCUT2D eigenvalue weighted by molar-refractivity contribution is 7.22. The molecule has 0 atom stereocenters. The van der Waals surface area contributed by atoms with Gasteiger partial charge in [-0.2, -0.15) is 0 Å². The summed E-state index contributed by atoms with van der Waals surface area (Å²) in [7, 11) is 3.18. The molecule has 0 saturated heterocycles. The van der Waals surface area contributed by atoms with E-state index in [4.69, 9.17) is 9.47 Å². The molecule has 0 aliphatic heterocycles. The number of nitrogens with zero attached hydrogens (tertiary/aromatic N) is 1. The van der Waals surface area contributed by atoms with Gasteiger partial charge in [-0.1, -0.05) is 0 Å². The number of ether oxygens (including phenoxy) is 2. The fourth-order valence-corrected chi connectivity index (χ4v) is 4.37. The Morgan fingerprint density at radius 3 is 2.22 bits per heavy atom. The Morgan fingerprint density at radius 2 is 1.67 bits per heavy atom. The first-order valence-electron chi connectivity index (χ1n) is 8.81. The number of carbonyl (C=O) groups is 1. The summed E-state index contributed by atoms with van der Waals surface area (Å²) in [6.07, 6.45) is 0. The van der Waals surface area contributed by atoms with Crippen LogP contribution in [0, 0.1) is 0 Å². The highest BCUT2D eigenvalue weighted by atomic mass is 32.1. The van der Waals surface area contributed by atoms with Crippen molar-refractivity contribution in [3.8, 4) is 27.7 Å². The highest BCUT2D eigenvalue weighted by Crippen LogP contribution is 2.45. The lowest BCUT2D eigenvalue weighted by Crippen LogP contribution is -2.30. The van der Waals surface area contributed by atoms with E-state index in [1.807, 2.05) is 44.2 Å². The number of phenolic OH excluding ortho intramolecular Hbond substituents is 1. The van der Waals surface area contributed by atoms with Gasteiger partial charge in [0.1, 0.15) is 17.2 Å². The van der Waals surface area contributed by atoms with Crippen molar-refractivity contribution < 1.29 is 19.4 Å². The van der Waals surface area contributed by atoms with Crippen molar-refractivity contribution in [3.63, 3.8) is 0 Å². The van der Waals surface area contributed by atoms with Crippen LogP contribution in [-0.4, -0.2) is 43.2 Å². The Kier molecular flexibility index (Phi) is 5.56. The van der Waals surface area contributed by atoms with Crippen LogP contribution in [0.25, 0.3) is 20.5 Å². The van der Waals surface area contributed by atoms with Crippen molar-refractivity contribution in [2.45, 2.75) is 13.8 Å². The van der Waals surface area contributed by atoms with Gasteiger partial charge in [-0.25, -0.2) is 0 Å². The zero-order valence-electron chi connectivity index (χ0n) is 15.9. The number of amides is 1. The molecule has 142 valence electrons. The van der Waals surface area contributed by atoms with Crippen LogP contribution in [0.2, 0.25) is 0 Å². The van der Waals surface area contributed by atoms with Crippen LogP contribution in [-0.2, 0) is 0 Å². The maximum atomic E-state index is 13.3. The summed E-state index contributed by atoms with van der Waals surface area (Å²) in [6.45, 7) is 5.11. The monoisotopic (exact) mass is 385 g/mol. The lowest BCUT2D eigenvalue weighted by molar-refractivity contribution is 0.0776. The van der Waals surface area contributed by atoms with E-state index in [1.165, 1.54) is 11.3 Å². The van der Waals surface area contributed by atoms with Gasteiger partial charge in [0, 0.05) is 34.1 Å². The fraction of sp³-hybridized carbons (Fsp3) is 0.286.